The number of morpholine rings is 1. The predicted molar refractivity (Wildman–Crippen MR) is 144 cm³/mol. The van der Waals surface area contributed by atoms with Gasteiger partial charge in [0.1, 0.15) is 11.4 Å². The number of para-hydroxylation sites is 1. The minimum absolute atomic E-state index is 0.254. The van der Waals surface area contributed by atoms with Gasteiger partial charge in [-0.15, -0.1) is 0 Å². The molecule has 11 heteroatoms. The van der Waals surface area contributed by atoms with Crippen molar-refractivity contribution in [3.05, 3.63) is 63.8 Å². The summed E-state index contributed by atoms with van der Waals surface area (Å²) in [5.41, 5.74) is 4.08. The van der Waals surface area contributed by atoms with Crippen molar-refractivity contribution in [3.63, 3.8) is 0 Å². The highest BCUT2D eigenvalue weighted by molar-refractivity contribution is 6.40. The lowest BCUT2D eigenvalue weighted by Crippen LogP contribution is -2.46. The normalized spacial score (nSPS) is 15.8. The van der Waals surface area contributed by atoms with Gasteiger partial charge in [-0.3, -0.25) is 9.69 Å². The maximum absolute atomic E-state index is 13.3. The lowest BCUT2D eigenvalue weighted by atomic mass is 10.1. The first-order chi connectivity index (χ1) is 17.5. The zero-order chi connectivity index (χ0) is 25.2. The highest BCUT2D eigenvalue weighted by Crippen LogP contribution is 2.37. The Balaban J connectivity index is 1.40. The fourth-order valence-corrected chi connectivity index (χ4v) is 5.12. The summed E-state index contributed by atoms with van der Waals surface area (Å²) < 4.78 is 5.50. The number of nitrogens with one attached hydrogen (secondary N) is 2. The van der Waals surface area contributed by atoms with E-state index in [4.69, 9.17) is 27.9 Å². The SMILES string of the molecule is CNCc1cc(Nc2ncc3c(n2)N(C)CN(c2c(Cl)cccc2Cl)C3=O)ccc1N1CCOCC1. The van der Waals surface area contributed by atoms with E-state index in [0.29, 0.717) is 33.1 Å². The van der Waals surface area contributed by atoms with E-state index >= 15 is 0 Å². The molecule has 1 amide bonds. The number of anilines is 5. The van der Waals surface area contributed by atoms with Gasteiger partial charge in [0.2, 0.25) is 5.95 Å². The van der Waals surface area contributed by atoms with Gasteiger partial charge in [0.05, 0.1) is 35.6 Å². The van der Waals surface area contributed by atoms with E-state index in [1.54, 1.807) is 18.2 Å². The van der Waals surface area contributed by atoms with Crippen LogP contribution in [0.5, 0.6) is 0 Å². The lowest BCUT2D eigenvalue weighted by Gasteiger charge is -2.35. The number of nitrogens with zero attached hydrogens (tertiary/aromatic N) is 5. The third kappa shape index (κ3) is 4.79. The summed E-state index contributed by atoms with van der Waals surface area (Å²) in [6.07, 6.45) is 1.54. The maximum atomic E-state index is 13.3. The summed E-state index contributed by atoms with van der Waals surface area (Å²) in [4.78, 5) is 28.1. The number of benzene rings is 2. The molecule has 0 aliphatic carbocycles. The number of hydrogen-bond donors (Lipinski definition) is 2. The predicted octanol–water partition coefficient (Wildman–Crippen LogP) is 4.14. The van der Waals surface area contributed by atoms with E-state index < -0.39 is 0 Å². The van der Waals surface area contributed by atoms with Gasteiger partial charge in [0, 0.05) is 44.3 Å². The van der Waals surface area contributed by atoms with Crippen molar-refractivity contribution in [1.82, 2.24) is 15.3 Å². The Morgan fingerprint density at radius 1 is 1.11 bits per heavy atom. The smallest absolute Gasteiger partial charge is 0.265 e. The topological polar surface area (TPSA) is 85.9 Å². The van der Waals surface area contributed by atoms with E-state index in [9.17, 15) is 4.79 Å². The van der Waals surface area contributed by atoms with Crippen molar-refractivity contribution in [1.29, 1.82) is 0 Å². The monoisotopic (exact) mass is 527 g/mol. The zero-order valence-electron chi connectivity index (χ0n) is 20.1. The summed E-state index contributed by atoms with van der Waals surface area (Å²) >= 11 is 12.7. The van der Waals surface area contributed by atoms with Gasteiger partial charge < -0.3 is 25.2 Å². The highest BCUT2D eigenvalue weighted by Gasteiger charge is 2.32. The Morgan fingerprint density at radius 2 is 1.86 bits per heavy atom. The molecule has 188 valence electrons. The largest absolute Gasteiger partial charge is 0.378 e. The Kier molecular flexibility index (Phi) is 7.15. The van der Waals surface area contributed by atoms with E-state index in [2.05, 4.69) is 37.6 Å². The second-order valence-electron chi connectivity index (χ2n) is 8.67. The third-order valence-corrected chi connectivity index (χ3v) is 6.83. The maximum Gasteiger partial charge on any atom is 0.265 e. The standard InChI is InChI=1S/C25H27Cl2N7O2/c1-28-13-16-12-17(6-7-21(16)33-8-10-36-11-9-33)30-25-29-14-18-23(31-25)32(2)15-34(24(18)35)22-19(26)4-3-5-20(22)27/h3-7,12,14,28H,8-11,13,15H2,1-2H3,(H,29,30,31). The summed E-state index contributed by atoms with van der Waals surface area (Å²) in [5, 5.41) is 7.35. The molecular weight excluding hydrogens is 501 g/mol. The fraction of sp³-hybridized carbons (Fsp3) is 0.320. The average molecular weight is 528 g/mol. The molecule has 0 unspecified atom stereocenters. The van der Waals surface area contributed by atoms with E-state index in [-0.39, 0.29) is 12.6 Å². The quantitative estimate of drug-likeness (QED) is 0.494. The molecule has 1 saturated heterocycles. The van der Waals surface area contributed by atoms with Crippen LogP contribution in [-0.4, -0.2) is 62.9 Å². The van der Waals surface area contributed by atoms with Crippen LogP contribution in [-0.2, 0) is 11.3 Å². The third-order valence-electron chi connectivity index (χ3n) is 6.22. The first kappa shape index (κ1) is 24.6. The molecule has 0 spiro atoms. The molecule has 0 saturated carbocycles. The van der Waals surface area contributed by atoms with Gasteiger partial charge in [-0.1, -0.05) is 29.3 Å². The van der Waals surface area contributed by atoms with Crippen molar-refractivity contribution in [2.24, 2.45) is 0 Å². The van der Waals surface area contributed by atoms with E-state index in [1.807, 2.05) is 25.1 Å². The molecule has 0 radical (unpaired) electrons. The van der Waals surface area contributed by atoms with Crippen LogP contribution in [0.2, 0.25) is 10.0 Å². The van der Waals surface area contributed by atoms with Crippen LogP contribution in [0.4, 0.5) is 28.8 Å². The van der Waals surface area contributed by atoms with Crippen molar-refractivity contribution in [2.45, 2.75) is 6.54 Å². The summed E-state index contributed by atoms with van der Waals surface area (Å²) in [5.74, 6) is 0.695. The Hall–Kier alpha value is -3.11. The van der Waals surface area contributed by atoms with Crippen molar-refractivity contribution >= 4 is 57.9 Å². The van der Waals surface area contributed by atoms with Gasteiger partial charge in [0.15, 0.2) is 0 Å². The molecule has 5 rings (SSSR count). The first-order valence-corrected chi connectivity index (χ1v) is 12.4. The zero-order valence-corrected chi connectivity index (χ0v) is 21.6. The second kappa shape index (κ2) is 10.5. The summed E-state index contributed by atoms with van der Waals surface area (Å²) in [6, 6.07) is 11.4. The number of fused-ring (bicyclic) bond motifs is 1. The average Bonchev–Trinajstić information content (AvgIpc) is 2.88. The lowest BCUT2D eigenvalue weighted by molar-refractivity contribution is 0.0982. The molecule has 1 aromatic heterocycles. The molecule has 2 aromatic carbocycles. The van der Waals surface area contributed by atoms with Crippen LogP contribution in [0.3, 0.4) is 0 Å². The van der Waals surface area contributed by atoms with Crippen molar-refractivity contribution in [2.75, 3.05) is 67.1 Å². The minimum Gasteiger partial charge on any atom is -0.378 e. The Labute approximate surface area is 220 Å². The molecular formula is C25H27Cl2N7O2. The number of aromatic nitrogens is 2. The van der Waals surface area contributed by atoms with Gasteiger partial charge in [-0.05, 0) is 42.9 Å². The Bertz CT molecular complexity index is 1260. The molecule has 3 aromatic rings. The van der Waals surface area contributed by atoms with Crippen LogP contribution in [0.25, 0.3) is 0 Å². The molecule has 0 atom stereocenters. The van der Waals surface area contributed by atoms with Crippen LogP contribution in [0, 0.1) is 0 Å². The van der Waals surface area contributed by atoms with Crippen LogP contribution >= 0.6 is 23.2 Å². The van der Waals surface area contributed by atoms with Crippen molar-refractivity contribution in [3.8, 4) is 0 Å². The van der Waals surface area contributed by atoms with Gasteiger partial charge in [0.25, 0.3) is 5.91 Å². The fourth-order valence-electron chi connectivity index (χ4n) is 4.52. The number of carbonyl (C=O) groups excluding carboxylic acids is 1. The second-order valence-corrected chi connectivity index (χ2v) is 9.49. The number of ether oxygens (including phenoxy) is 1. The molecule has 3 heterocycles. The number of rotatable bonds is 6. The van der Waals surface area contributed by atoms with Crippen LogP contribution < -0.4 is 25.3 Å². The Morgan fingerprint density at radius 3 is 2.58 bits per heavy atom. The van der Waals surface area contributed by atoms with Gasteiger partial charge in [-0.25, -0.2) is 4.98 Å². The number of hydrogen-bond acceptors (Lipinski definition) is 8. The summed E-state index contributed by atoms with van der Waals surface area (Å²) in [6.45, 7) is 4.18. The molecule has 9 nitrogen and oxygen atoms in total. The molecule has 2 aliphatic heterocycles. The number of carbonyl (C=O) groups is 1. The molecule has 2 aliphatic rings. The van der Waals surface area contributed by atoms with Crippen molar-refractivity contribution < 1.29 is 9.53 Å². The number of amides is 1. The molecule has 2 N–H and O–H groups in total. The minimum atomic E-state index is -0.254. The van der Waals surface area contributed by atoms with Crippen LogP contribution in [0.1, 0.15) is 15.9 Å². The number of halogens is 2. The van der Waals surface area contributed by atoms with E-state index in [1.165, 1.54) is 22.3 Å². The molecule has 1 fully saturated rings. The van der Waals surface area contributed by atoms with Gasteiger partial charge in [-0.2, -0.15) is 4.98 Å². The highest BCUT2D eigenvalue weighted by atomic mass is 35.5. The molecule has 0 bridgehead atoms. The van der Waals surface area contributed by atoms with Crippen LogP contribution in [0.15, 0.2) is 42.6 Å². The van der Waals surface area contributed by atoms with Gasteiger partial charge >= 0.3 is 0 Å². The molecule has 36 heavy (non-hydrogen) atoms. The van der Waals surface area contributed by atoms with E-state index in [0.717, 1.165) is 38.5 Å². The summed E-state index contributed by atoms with van der Waals surface area (Å²) in [7, 11) is 3.80. The first-order valence-electron chi connectivity index (χ1n) is 11.7.